The molecule has 0 aliphatic carbocycles. The summed E-state index contributed by atoms with van der Waals surface area (Å²) in [6.07, 6.45) is 1.17. The van der Waals surface area contributed by atoms with Crippen LogP contribution in [0.25, 0.3) is 0 Å². The Labute approximate surface area is 154 Å². The van der Waals surface area contributed by atoms with Crippen LogP contribution in [0.1, 0.15) is 17.3 Å². The summed E-state index contributed by atoms with van der Waals surface area (Å²) < 4.78 is 5.06. The Morgan fingerprint density at radius 1 is 1.07 bits per heavy atom. The molecular formula is C18H17N3O6. The topological polar surface area (TPSA) is 120 Å². The Morgan fingerprint density at radius 2 is 1.70 bits per heavy atom. The normalized spacial score (nSPS) is 10.7. The van der Waals surface area contributed by atoms with Crippen molar-refractivity contribution < 1.29 is 24.1 Å². The number of nitrogens with zero attached hydrogens (tertiary/aromatic N) is 1. The SMILES string of the molecule is COc1ccc(N/C(C)=C\C(=O)ONC(=O)c2ccc([N+](=O)[O-])cc2)cc1. The maximum Gasteiger partial charge on any atom is 0.357 e. The number of hydroxylamine groups is 1. The van der Waals surface area contributed by atoms with Crippen LogP contribution in [0.15, 0.2) is 60.3 Å². The van der Waals surface area contributed by atoms with Gasteiger partial charge in [-0.15, -0.1) is 0 Å². The zero-order chi connectivity index (χ0) is 19.8. The Kier molecular flexibility index (Phi) is 6.48. The smallest absolute Gasteiger partial charge is 0.357 e. The standard InChI is InChI=1S/C18H17N3O6/c1-12(19-14-5-9-16(26-2)10-6-14)11-17(22)27-20-18(23)13-3-7-15(8-4-13)21(24)25/h3-11,19H,1-2H3,(H,20,23)/b12-11-. The number of allylic oxidation sites excluding steroid dienone is 1. The van der Waals surface area contributed by atoms with Crippen LogP contribution < -0.4 is 15.5 Å². The maximum absolute atomic E-state index is 11.9. The number of amides is 1. The first-order valence-corrected chi connectivity index (χ1v) is 7.74. The molecule has 0 heterocycles. The molecule has 0 aliphatic rings. The minimum Gasteiger partial charge on any atom is -0.497 e. The van der Waals surface area contributed by atoms with E-state index in [0.29, 0.717) is 11.4 Å². The van der Waals surface area contributed by atoms with E-state index in [1.165, 1.54) is 30.3 Å². The summed E-state index contributed by atoms with van der Waals surface area (Å²) >= 11 is 0. The summed E-state index contributed by atoms with van der Waals surface area (Å²) in [7, 11) is 1.56. The molecule has 2 N–H and O–H groups in total. The molecule has 0 saturated heterocycles. The van der Waals surface area contributed by atoms with Crippen LogP contribution in [0.2, 0.25) is 0 Å². The highest BCUT2D eigenvalue weighted by molar-refractivity contribution is 5.95. The number of ether oxygens (including phenoxy) is 1. The van der Waals surface area contributed by atoms with Crippen LogP contribution in [-0.4, -0.2) is 23.9 Å². The second-order valence-electron chi connectivity index (χ2n) is 5.34. The number of carbonyl (C=O) groups is 2. The van der Waals surface area contributed by atoms with E-state index in [4.69, 9.17) is 4.74 Å². The van der Waals surface area contributed by atoms with Gasteiger partial charge in [0.25, 0.3) is 11.6 Å². The van der Waals surface area contributed by atoms with Gasteiger partial charge in [0.15, 0.2) is 0 Å². The summed E-state index contributed by atoms with van der Waals surface area (Å²) in [6, 6.07) is 12.0. The third-order valence-corrected chi connectivity index (χ3v) is 3.35. The molecule has 0 bridgehead atoms. The van der Waals surface area contributed by atoms with Gasteiger partial charge in [-0.25, -0.2) is 4.79 Å². The molecule has 27 heavy (non-hydrogen) atoms. The van der Waals surface area contributed by atoms with Crippen LogP contribution in [0.5, 0.6) is 5.75 Å². The van der Waals surface area contributed by atoms with E-state index in [-0.39, 0.29) is 11.3 Å². The Bertz CT molecular complexity index is 860. The molecule has 0 aliphatic heterocycles. The van der Waals surface area contributed by atoms with Gasteiger partial charge in [-0.2, -0.15) is 5.48 Å². The van der Waals surface area contributed by atoms with E-state index in [2.05, 4.69) is 10.2 Å². The van der Waals surface area contributed by atoms with Gasteiger partial charge >= 0.3 is 5.97 Å². The van der Waals surface area contributed by atoms with E-state index in [9.17, 15) is 19.7 Å². The molecule has 2 rings (SSSR count). The van der Waals surface area contributed by atoms with Gasteiger partial charge < -0.3 is 14.9 Å². The minimum atomic E-state index is -0.788. The summed E-state index contributed by atoms with van der Waals surface area (Å²) in [5, 5.41) is 13.6. The van der Waals surface area contributed by atoms with Gasteiger partial charge in [0.2, 0.25) is 0 Å². The molecule has 0 radical (unpaired) electrons. The van der Waals surface area contributed by atoms with Crippen molar-refractivity contribution in [2.45, 2.75) is 6.92 Å². The second-order valence-corrected chi connectivity index (χ2v) is 5.34. The first-order valence-electron chi connectivity index (χ1n) is 7.74. The van der Waals surface area contributed by atoms with Crippen molar-refractivity contribution in [3.8, 4) is 5.75 Å². The fourth-order valence-corrected chi connectivity index (χ4v) is 2.03. The predicted molar refractivity (Wildman–Crippen MR) is 97.0 cm³/mol. The van der Waals surface area contributed by atoms with E-state index >= 15 is 0 Å². The number of carbonyl (C=O) groups excluding carboxylic acids is 2. The number of benzene rings is 2. The Balaban J connectivity index is 1.87. The fraction of sp³-hybridized carbons (Fsp3) is 0.111. The lowest BCUT2D eigenvalue weighted by molar-refractivity contribution is -0.384. The highest BCUT2D eigenvalue weighted by atomic mass is 16.7. The highest BCUT2D eigenvalue weighted by Crippen LogP contribution is 2.16. The summed E-state index contributed by atoms with van der Waals surface area (Å²) in [5.41, 5.74) is 3.19. The van der Waals surface area contributed by atoms with Crippen molar-refractivity contribution >= 4 is 23.3 Å². The van der Waals surface area contributed by atoms with Crippen LogP contribution >= 0.6 is 0 Å². The van der Waals surface area contributed by atoms with Crippen LogP contribution in [0, 0.1) is 10.1 Å². The first-order chi connectivity index (χ1) is 12.9. The number of rotatable bonds is 6. The molecule has 0 fully saturated rings. The lowest BCUT2D eigenvalue weighted by Gasteiger charge is -2.08. The van der Waals surface area contributed by atoms with E-state index < -0.39 is 16.8 Å². The lowest BCUT2D eigenvalue weighted by atomic mass is 10.2. The number of nitrogens with one attached hydrogen (secondary N) is 2. The van der Waals surface area contributed by atoms with Gasteiger partial charge in [-0.05, 0) is 43.3 Å². The summed E-state index contributed by atoms with van der Waals surface area (Å²) in [4.78, 5) is 38.3. The zero-order valence-corrected chi connectivity index (χ0v) is 14.6. The van der Waals surface area contributed by atoms with Crippen LogP contribution in [-0.2, 0) is 9.63 Å². The number of methoxy groups -OCH3 is 1. The van der Waals surface area contributed by atoms with Crippen molar-refractivity contribution in [3.05, 3.63) is 76.0 Å². The van der Waals surface area contributed by atoms with Crippen LogP contribution in [0.4, 0.5) is 11.4 Å². The lowest BCUT2D eigenvalue weighted by Crippen LogP contribution is -2.26. The van der Waals surface area contributed by atoms with Crippen molar-refractivity contribution in [3.63, 3.8) is 0 Å². The van der Waals surface area contributed by atoms with Crippen molar-refractivity contribution in [2.75, 3.05) is 12.4 Å². The summed E-state index contributed by atoms with van der Waals surface area (Å²) in [5.74, 6) is -0.785. The molecule has 9 nitrogen and oxygen atoms in total. The maximum atomic E-state index is 11.9. The number of hydrogen-bond acceptors (Lipinski definition) is 7. The number of nitro benzene ring substituents is 1. The molecule has 9 heteroatoms. The van der Waals surface area contributed by atoms with Gasteiger partial charge in [0.1, 0.15) is 5.75 Å². The molecule has 0 spiro atoms. The molecule has 0 aromatic heterocycles. The molecule has 0 saturated carbocycles. The quantitative estimate of drug-likeness (QED) is 0.455. The van der Waals surface area contributed by atoms with Crippen molar-refractivity contribution in [2.24, 2.45) is 0 Å². The first kappa shape index (κ1) is 19.4. The Morgan fingerprint density at radius 3 is 2.26 bits per heavy atom. The second kappa shape index (κ2) is 8.99. The van der Waals surface area contributed by atoms with Gasteiger partial charge in [-0.3, -0.25) is 14.9 Å². The highest BCUT2D eigenvalue weighted by Gasteiger charge is 2.11. The molecular weight excluding hydrogens is 354 g/mol. The number of hydrogen-bond donors (Lipinski definition) is 2. The molecule has 1 amide bonds. The fourth-order valence-electron chi connectivity index (χ4n) is 2.03. The van der Waals surface area contributed by atoms with E-state index in [1.807, 2.05) is 5.48 Å². The predicted octanol–water partition coefficient (Wildman–Crippen LogP) is 2.81. The molecule has 2 aromatic rings. The largest absolute Gasteiger partial charge is 0.497 e. The average Bonchev–Trinajstić information content (AvgIpc) is 2.66. The van der Waals surface area contributed by atoms with Gasteiger partial charge in [-0.1, -0.05) is 0 Å². The number of nitro groups is 1. The van der Waals surface area contributed by atoms with Crippen molar-refractivity contribution in [1.29, 1.82) is 0 Å². The third kappa shape index (κ3) is 5.85. The monoisotopic (exact) mass is 371 g/mol. The average molecular weight is 371 g/mol. The van der Waals surface area contributed by atoms with Crippen LogP contribution in [0.3, 0.4) is 0 Å². The molecule has 0 unspecified atom stereocenters. The third-order valence-electron chi connectivity index (χ3n) is 3.35. The molecule has 140 valence electrons. The van der Waals surface area contributed by atoms with Crippen molar-refractivity contribution in [1.82, 2.24) is 5.48 Å². The summed E-state index contributed by atoms with van der Waals surface area (Å²) in [6.45, 7) is 1.66. The van der Waals surface area contributed by atoms with E-state index in [0.717, 1.165) is 5.69 Å². The van der Waals surface area contributed by atoms with Gasteiger partial charge in [0, 0.05) is 35.2 Å². The van der Waals surface area contributed by atoms with Gasteiger partial charge in [0.05, 0.1) is 12.0 Å². The van der Waals surface area contributed by atoms with E-state index in [1.54, 1.807) is 38.3 Å². The molecule has 0 atom stereocenters. The zero-order valence-electron chi connectivity index (χ0n) is 14.6. The molecule has 2 aromatic carbocycles. The number of non-ortho nitro benzene ring substituents is 1. The number of anilines is 1. The Hall–Kier alpha value is -3.88. The minimum absolute atomic E-state index is 0.116.